The number of nitrogens with zero attached hydrogens (tertiary/aromatic N) is 4. The molecule has 5 rings (SSSR count). The van der Waals surface area contributed by atoms with Crippen molar-refractivity contribution in [1.29, 1.82) is 0 Å². The molecular weight excluding hydrogens is 457 g/mol. The van der Waals surface area contributed by atoms with Gasteiger partial charge in [0.2, 0.25) is 0 Å². The van der Waals surface area contributed by atoms with Crippen molar-refractivity contribution < 1.29 is 0 Å². The summed E-state index contributed by atoms with van der Waals surface area (Å²) in [5.41, 5.74) is 3.90. The highest BCUT2D eigenvalue weighted by Crippen LogP contribution is 2.19. The Hall–Kier alpha value is -2.80. The summed E-state index contributed by atoms with van der Waals surface area (Å²) in [7, 11) is 0. The Bertz CT molecular complexity index is 1230. The molecule has 1 fully saturated rings. The zero-order valence-corrected chi connectivity index (χ0v) is 20.0. The number of likely N-dealkylation sites (tertiary alicyclic amines) is 1. The third-order valence-electron chi connectivity index (χ3n) is 5.99. The lowest BCUT2D eigenvalue weighted by molar-refractivity contribution is 0.318. The highest BCUT2D eigenvalue weighted by atomic mass is 35.5. The molecule has 0 saturated carbocycles. The number of halogens is 2. The minimum absolute atomic E-state index is 0. The molecule has 8 heteroatoms. The van der Waals surface area contributed by atoms with E-state index in [1.165, 1.54) is 31.5 Å². The van der Waals surface area contributed by atoms with Crippen LogP contribution in [-0.4, -0.2) is 38.9 Å². The molecular formula is C25H29Cl2N5O. The van der Waals surface area contributed by atoms with Gasteiger partial charge in [0.25, 0.3) is 5.56 Å². The minimum Gasteiger partial charge on any atom is -0.381 e. The van der Waals surface area contributed by atoms with E-state index >= 15 is 0 Å². The van der Waals surface area contributed by atoms with Crippen LogP contribution in [-0.2, 0) is 13.1 Å². The Kier molecular flexibility index (Phi) is 8.55. The van der Waals surface area contributed by atoms with Gasteiger partial charge in [-0.3, -0.25) is 14.0 Å². The van der Waals surface area contributed by atoms with Gasteiger partial charge >= 0.3 is 0 Å². The predicted molar refractivity (Wildman–Crippen MR) is 139 cm³/mol. The molecule has 4 aromatic rings. The number of nitrogens with one attached hydrogen (secondary N) is 1. The summed E-state index contributed by atoms with van der Waals surface area (Å²) in [6.07, 6.45) is 6.33. The molecule has 0 amide bonds. The second-order valence-electron chi connectivity index (χ2n) is 8.12. The number of anilines is 1. The van der Waals surface area contributed by atoms with Gasteiger partial charge in [-0.15, -0.1) is 24.8 Å². The fraction of sp³-hybridized carbons (Fsp3) is 0.280. The SMILES string of the molecule is Cl.Cl.O=c1cc(NCc2ccccc2)ccn1-c1ccc2c(cnn2CCN2CCCC2)c1. The molecule has 0 bridgehead atoms. The fourth-order valence-corrected chi connectivity index (χ4v) is 4.25. The number of aromatic nitrogens is 3. The topological polar surface area (TPSA) is 55.1 Å². The summed E-state index contributed by atoms with van der Waals surface area (Å²) in [4.78, 5) is 15.2. The average Bonchev–Trinajstić information content (AvgIpc) is 3.46. The second kappa shape index (κ2) is 11.4. The number of hydrogen-bond donors (Lipinski definition) is 1. The second-order valence-corrected chi connectivity index (χ2v) is 8.12. The summed E-state index contributed by atoms with van der Waals surface area (Å²) in [5.74, 6) is 0. The van der Waals surface area contributed by atoms with E-state index in [4.69, 9.17) is 0 Å². The lowest BCUT2D eigenvalue weighted by atomic mass is 10.2. The van der Waals surface area contributed by atoms with Crippen molar-refractivity contribution in [2.75, 3.05) is 25.0 Å². The number of rotatable bonds is 7. The van der Waals surface area contributed by atoms with E-state index in [-0.39, 0.29) is 30.4 Å². The van der Waals surface area contributed by atoms with Gasteiger partial charge in [-0.2, -0.15) is 5.10 Å². The smallest absolute Gasteiger partial charge is 0.257 e. The molecule has 1 saturated heterocycles. The maximum Gasteiger partial charge on any atom is 0.257 e. The first kappa shape index (κ1) is 24.8. The molecule has 1 aliphatic rings. The molecule has 2 aromatic carbocycles. The largest absolute Gasteiger partial charge is 0.381 e. The van der Waals surface area contributed by atoms with Crippen molar-refractivity contribution >= 4 is 41.4 Å². The molecule has 2 aromatic heterocycles. The molecule has 0 spiro atoms. The van der Waals surface area contributed by atoms with E-state index in [0.29, 0.717) is 6.54 Å². The van der Waals surface area contributed by atoms with Crippen molar-refractivity contribution in [3.63, 3.8) is 0 Å². The van der Waals surface area contributed by atoms with Gasteiger partial charge in [0.1, 0.15) is 0 Å². The van der Waals surface area contributed by atoms with E-state index < -0.39 is 0 Å². The van der Waals surface area contributed by atoms with Gasteiger partial charge in [-0.05, 0) is 55.8 Å². The lowest BCUT2D eigenvalue weighted by Crippen LogP contribution is -2.24. The van der Waals surface area contributed by atoms with Gasteiger partial charge in [0.05, 0.1) is 18.3 Å². The Morgan fingerprint density at radius 2 is 1.70 bits per heavy atom. The maximum atomic E-state index is 12.7. The molecule has 3 heterocycles. The van der Waals surface area contributed by atoms with Crippen LogP contribution in [0, 0.1) is 0 Å². The highest BCUT2D eigenvalue weighted by molar-refractivity contribution is 5.85. The zero-order chi connectivity index (χ0) is 21.0. The van der Waals surface area contributed by atoms with Crippen LogP contribution >= 0.6 is 24.8 Å². The van der Waals surface area contributed by atoms with E-state index in [9.17, 15) is 4.79 Å². The lowest BCUT2D eigenvalue weighted by Gasteiger charge is -2.14. The molecule has 6 nitrogen and oxygen atoms in total. The van der Waals surface area contributed by atoms with Crippen LogP contribution in [0.4, 0.5) is 5.69 Å². The molecule has 1 N–H and O–H groups in total. The van der Waals surface area contributed by atoms with Gasteiger partial charge < -0.3 is 10.2 Å². The summed E-state index contributed by atoms with van der Waals surface area (Å²) >= 11 is 0. The predicted octanol–water partition coefficient (Wildman–Crippen LogP) is 4.74. The minimum atomic E-state index is -0.0566. The van der Waals surface area contributed by atoms with Crippen LogP contribution in [0.5, 0.6) is 0 Å². The first-order valence-electron chi connectivity index (χ1n) is 11.0. The summed E-state index contributed by atoms with van der Waals surface area (Å²) in [6.45, 7) is 5.01. The molecule has 0 radical (unpaired) electrons. The van der Waals surface area contributed by atoms with Crippen molar-refractivity contribution in [2.24, 2.45) is 0 Å². The number of hydrogen-bond acceptors (Lipinski definition) is 4. The zero-order valence-electron chi connectivity index (χ0n) is 18.4. The molecule has 0 aliphatic carbocycles. The molecule has 0 unspecified atom stereocenters. The first-order chi connectivity index (χ1) is 15.3. The highest BCUT2D eigenvalue weighted by Gasteiger charge is 2.12. The average molecular weight is 486 g/mol. The summed E-state index contributed by atoms with van der Waals surface area (Å²) in [5, 5.41) is 8.95. The number of benzene rings is 2. The van der Waals surface area contributed by atoms with Crippen LogP contribution in [0.15, 0.2) is 77.9 Å². The van der Waals surface area contributed by atoms with Crippen LogP contribution in [0.2, 0.25) is 0 Å². The quantitative estimate of drug-likeness (QED) is 0.410. The van der Waals surface area contributed by atoms with Gasteiger partial charge in [-0.1, -0.05) is 30.3 Å². The van der Waals surface area contributed by atoms with E-state index in [1.807, 2.05) is 48.8 Å². The Balaban J connectivity index is 0.00000153. The van der Waals surface area contributed by atoms with Gasteiger partial charge in [0, 0.05) is 42.1 Å². The number of fused-ring (bicyclic) bond motifs is 1. The normalized spacial score (nSPS) is 13.5. The van der Waals surface area contributed by atoms with E-state index in [0.717, 1.165) is 35.4 Å². The van der Waals surface area contributed by atoms with E-state index in [2.05, 4.69) is 38.2 Å². The Labute approximate surface area is 206 Å². The standard InChI is InChI=1S/C25H27N5O.2ClH/c31-25-17-22(26-18-20-6-2-1-3-7-20)10-13-29(25)23-8-9-24-21(16-23)19-27-30(24)15-14-28-11-4-5-12-28;;/h1-3,6-10,13,16-17,19,26H,4-5,11-12,14-15,18H2;2*1H. The molecule has 0 atom stereocenters. The van der Waals surface area contributed by atoms with Crippen LogP contribution < -0.4 is 10.9 Å². The summed E-state index contributed by atoms with van der Waals surface area (Å²) < 4.78 is 3.74. The van der Waals surface area contributed by atoms with Crippen LogP contribution in [0.3, 0.4) is 0 Å². The molecule has 33 heavy (non-hydrogen) atoms. The molecule has 174 valence electrons. The van der Waals surface area contributed by atoms with Crippen molar-refractivity contribution in [3.8, 4) is 5.69 Å². The van der Waals surface area contributed by atoms with Crippen molar-refractivity contribution in [2.45, 2.75) is 25.9 Å². The van der Waals surface area contributed by atoms with Crippen molar-refractivity contribution in [1.82, 2.24) is 19.2 Å². The fourth-order valence-electron chi connectivity index (χ4n) is 4.25. The summed E-state index contributed by atoms with van der Waals surface area (Å²) in [6, 6.07) is 19.8. The Morgan fingerprint density at radius 1 is 0.909 bits per heavy atom. The Morgan fingerprint density at radius 3 is 2.45 bits per heavy atom. The third-order valence-corrected chi connectivity index (χ3v) is 5.99. The van der Waals surface area contributed by atoms with Crippen molar-refractivity contribution in [3.05, 3.63) is 89.0 Å². The van der Waals surface area contributed by atoms with Crippen LogP contribution in [0.25, 0.3) is 16.6 Å². The third kappa shape index (κ3) is 5.77. The van der Waals surface area contributed by atoms with Gasteiger partial charge in [-0.25, -0.2) is 0 Å². The molecule has 1 aliphatic heterocycles. The van der Waals surface area contributed by atoms with E-state index in [1.54, 1.807) is 10.6 Å². The van der Waals surface area contributed by atoms with Crippen LogP contribution in [0.1, 0.15) is 18.4 Å². The first-order valence-corrected chi connectivity index (χ1v) is 11.0. The number of pyridine rings is 1. The maximum absolute atomic E-state index is 12.7. The monoisotopic (exact) mass is 485 g/mol. The van der Waals surface area contributed by atoms with Gasteiger partial charge in [0.15, 0.2) is 0 Å².